The molecule has 0 bridgehead atoms. The number of hydrogen-bond acceptors (Lipinski definition) is 4. The summed E-state index contributed by atoms with van der Waals surface area (Å²) in [6, 6.07) is 6.65. The van der Waals surface area contributed by atoms with E-state index in [9.17, 15) is 30.7 Å². The van der Waals surface area contributed by atoms with Crippen LogP contribution in [0.15, 0.2) is 36.4 Å². The van der Waals surface area contributed by atoms with E-state index in [1.165, 1.54) is 17.0 Å². The summed E-state index contributed by atoms with van der Waals surface area (Å²) in [6.45, 7) is 1.91. The lowest BCUT2D eigenvalue weighted by Crippen LogP contribution is -2.62. The quantitative estimate of drug-likeness (QED) is 0.326. The molecule has 3 aliphatic rings. The van der Waals surface area contributed by atoms with Crippen LogP contribution in [0.3, 0.4) is 0 Å². The molecule has 2 fully saturated rings. The monoisotopic (exact) mass is 573 g/mol. The molecule has 0 radical (unpaired) electrons. The number of benzene rings is 2. The first-order chi connectivity index (χ1) is 18.3. The van der Waals surface area contributed by atoms with Crippen LogP contribution in [-0.4, -0.2) is 45.0 Å². The van der Waals surface area contributed by atoms with E-state index in [0.29, 0.717) is 53.9 Å². The van der Waals surface area contributed by atoms with Gasteiger partial charge in [-0.3, -0.25) is 9.47 Å². The molecule has 1 aromatic heterocycles. The summed E-state index contributed by atoms with van der Waals surface area (Å²) >= 11 is 6.19. The lowest BCUT2D eigenvalue weighted by molar-refractivity contribution is -0.182. The van der Waals surface area contributed by atoms with E-state index in [-0.39, 0.29) is 30.1 Å². The molecule has 1 aliphatic carbocycles. The molecule has 1 saturated heterocycles. The van der Waals surface area contributed by atoms with Crippen molar-refractivity contribution in [2.75, 3.05) is 18.0 Å². The average Bonchev–Trinajstić information content (AvgIpc) is 3.11. The molecule has 2 aromatic carbocycles. The molecule has 3 heterocycles. The highest BCUT2D eigenvalue weighted by atomic mass is 35.5. The van der Waals surface area contributed by atoms with E-state index in [0.717, 1.165) is 13.0 Å². The van der Waals surface area contributed by atoms with Gasteiger partial charge in [-0.15, -0.1) is 10.2 Å². The van der Waals surface area contributed by atoms with Gasteiger partial charge in [0.15, 0.2) is 11.6 Å². The summed E-state index contributed by atoms with van der Waals surface area (Å²) in [5.74, 6) is -0.296. The number of fused-ring (bicyclic) bond motifs is 3. The van der Waals surface area contributed by atoms with Crippen molar-refractivity contribution in [1.82, 2.24) is 19.7 Å². The molecule has 0 N–H and O–H groups in total. The van der Waals surface area contributed by atoms with Gasteiger partial charge in [0.05, 0.1) is 23.5 Å². The van der Waals surface area contributed by atoms with Crippen LogP contribution in [0.2, 0.25) is 5.02 Å². The maximum Gasteiger partial charge on any atom is 0.419 e. The number of halogens is 8. The van der Waals surface area contributed by atoms with Gasteiger partial charge in [0, 0.05) is 36.0 Å². The van der Waals surface area contributed by atoms with Crippen LogP contribution in [0.5, 0.6) is 0 Å². The Hall–Kier alpha value is -2.86. The highest BCUT2D eigenvalue weighted by molar-refractivity contribution is 6.30. The Balaban J connectivity index is 1.23. The van der Waals surface area contributed by atoms with E-state index < -0.39 is 29.8 Å². The third-order valence-corrected chi connectivity index (χ3v) is 8.41. The van der Waals surface area contributed by atoms with Crippen molar-refractivity contribution < 1.29 is 30.7 Å². The van der Waals surface area contributed by atoms with E-state index in [4.69, 9.17) is 11.6 Å². The molecular weight excluding hydrogens is 551 g/mol. The number of rotatable bonds is 3. The second-order valence-corrected chi connectivity index (χ2v) is 11.2. The Bertz CT molecular complexity index is 1420. The maximum atomic E-state index is 14.6. The Morgan fingerprint density at radius 1 is 0.974 bits per heavy atom. The molecule has 2 aliphatic heterocycles. The second kappa shape index (κ2) is 8.82. The summed E-state index contributed by atoms with van der Waals surface area (Å²) in [7, 11) is 0. The average molecular weight is 574 g/mol. The van der Waals surface area contributed by atoms with Crippen molar-refractivity contribution in [2.24, 2.45) is 5.41 Å². The van der Waals surface area contributed by atoms with Crippen molar-refractivity contribution in [3.8, 4) is 5.69 Å². The van der Waals surface area contributed by atoms with Gasteiger partial charge in [0.2, 0.25) is 0 Å². The van der Waals surface area contributed by atoms with Crippen LogP contribution in [0, 0.1) is 11.2 Å². The zero-order valence-electron chi connectivity index (χ0n) is 20.6. The summed E-state index contributed by atoms with van der Waals surface area (Å²) in [5.41, 5.74) is -0.246. The first-order valence-corrected chi connectivity index (χ1v) is 12.8. The van der Waals surface area contributed by atoms with Gasteiger partial charge >= 0.3 is 12.4 Å². The molecule has 13 heteroatoms. The number of anilines is 1. The van der Waals surface area contributed by atoms with Gasteiger partial charge in [0.25, 0.3) is 0 Å². The fourth-order valence-electron chi connectivity index (χ4n) is 6.14. The van der Waals surface area contributed by atoms with E-state index in [1.54, 1.807) is 23.1 Å². The summed E-state index contributed by atoms with van der Waals surface area (Å²) in [5, 5.41) is 9.03. The highest BCUT2D eigenvalue weighted by Crippen LogP contribution is 2.57. The number of aromatic nitrogens is 3. The molecule has 39 heavy (non-hydrogen) atoms. The molecule has 1 spiro atoms. The predicted molar refractivity (Wildman–Crippen MR) is 129 cm³/mol. The van der Waals surface area contributed by atoms with Crippen LogP contribution in [0.25, 0.3) is 5.69 Å². The van der Waals surface area contributed by atoms with Crippen molar-refractivity contribution in [1.29, 1.82) is 0 Å². The van der Waals surface area contributed by atoms with Gasteiger partial charge in [-0.2, -0.15) is 26.3 Å². The van der Waals surface area contributed by atoms with Gasteiger partial charge in [-0.25, -0.2) is 4.39 Å². The first-order valence-electron chi connectivity index (χ1n) is 12.4. The molecule has 5 nitrogen and oxygen atoms in total. The molecule has 0 amide bonds. The zero-order valence-corrected chi connectivity index (χ0v) is 21.4. The van der Waals surface area contributed by atoms with Crippen molar-refractivity contribution in [3.05, 3.63) is 70.0 Å². The fraction of sp³-hybridized carbons (Fsp3) is 0.462. The molecule has 3 aromatic rings. The van der Waals surface area contributed by atoms with Crippen molar-refractivity contribution >= 4 is 17.3 Å². The minimum Gasteiger partial charge on any atom is -0.368 e. The Labute approximate surface area is 224 Å². The summed E-state index contributed by atoms with van der Waals surface area (Å²) in [6.07, 6.45) is -7.88. The molecule has 1 unspecified atom stereocenters. The first kappa shape index (κ1) is 26.4. The van der Waals surface area contributed by atoms with Crippen LogP contribution >= 0.6 is 11.6 Å². The summed E-state index contributed by atoms with van der Waals surface area (Å²) < 4.78 is 96.6. The third-order valence-electron chi connectivity index (χ3n) is 8.18. The van der Waals surface area contributed by atoms with Crippen LogP contribution in [-0.2, 0) is 19.3 Å². The van der Waals surface area contributed by atoms with Gasteiger partial charge in [-0.05, 0) is 55.7 Å². The predicted octanol–water partition coefficient (Wildman–Crippen LogP) is 6.73. The minimum absolute atomic E-state index is 0.0332. The molecular formula is C26H23ClF7N5. The Kier molecular flexibility index (Phi) is 5.96. The number of nitrogens with zero attached hydrogens (tertiary/aromatic N) is 5. The second-order valence-electron chi connectivity index (χ2n) is 10.8. The zero-order chi connectivity index (χ0) is 27.9. The standard InChI is InChI=1S/C26H23ClF7N5/c1-14(25(29,30)31)37-10-15-7-17(27)5-6-19(15)39-21(11-37)35-36-23(39)16-8-24(9-16)12-38(13-24)20-4-2-3-18(22(20)28)26(32,33)34/h2-7,14,16H,8-13H2,1H3. The lowest BCUT2D eigenvalue weighted by Gasteiger charge is -2.59. The fourth-order valence-corrected chi connectivity index (χ4v) is 6.33. The lowest BCUT2D eigenvalue weighted by atomic mass is 9.57. The Morgan fingerprint density at radius 2 is 1.69 bits per heavy atom. The van der Waals surface area contributed by atoms with Gasteiger partial charge < -0.3 is 4.90 Å². The van der Waals surface area contributed by atoms with E-state index in [1.807, 2.05) is 4.57 Å². The smallest absolute Gasteiger partial charge is 0.368 e. The van der Waals surface area contributed by atoms with E-state index >= 15 is 0 Å². The summed E-state index contributed by atoms with van der Waals surface area (Å²) in [4.78, 5) is 2.90. The Morgan fingerprint density at radius 3 is 2.36 bits per heavy atom. The van der Waals surface area contributed by atoms with Gasteiger partial charge in [-0.1, -0.05) is 17.7 Å². The largest absolute Gasteiger partial charge is 0.419 e. The molecule has 6 rings (SSSR count). The van der Waals surface area contributed by atoms with Crippen LogP contribution in [0.1, 0.15) is 48.5 Å². The molecule has 1 saturated carbocycles. The maximum absolute atomic E-state index is 14.6. The SMILES string of the molecule is CC(N1Cc2cc(Cl)ccc2-n2c(nnc2C2CC3(C2)CN(c2cccc(C(F)(F)F)c2F)C3)C1)C(F)(F)F. The molecule has 1 atom stereocenters. The number of hydrogen-bond donors (Lipinski definition) is 0. The van der Waals surface area contributed by atoms with Crippen LogP contribution < -0.4 is 4.90 Å². The van der Waals surface area contributed by atoms with Crippen molar-refractivity contribution in [3.63, 3.8) is 0 Å². The third kappa shape index (κ3) is 4.45. The highest BCUT2D eigenvalue weighted by Gasteiger charge is 2.55. The molecule has 208 valence electrons. The normalized spacial score (nSPS) is 20.2. The number of alkyl halides is 6. The van der Waals surface area contributed by atoms with E-state index in [2.05, 4.69) is 10.2 Å². The minimum atomic E-state index is -4.77. The van der Waals surface area contributed by atoms with Crippen molar-refractivity contribution in [2.45, 2.75) is 57.2 Å². The topological polar surface area (TPSA) is 37.2 Å². The van der Waals surface area contributed by atoms with Crippen LogP contribution in [0.4, 0.5) is 36.4 Å². The van der Waals surface area contributed by atoms with Gasteiger partial charge in [0.1, 0.15) is 11.9 Å².